The van der Waals surface area contributed by atoms with Gasteiger partial charge in [0.25, 0.3) is 0 Å². The molecule has 0 unspecified atom stereocenters. The predicted molar refractivity (Wildman–Crippen MR) is 104 cm³/mol. The van der Waals surface area contributed by atoms with E-state index in [2.05, 4.69) is 74.3 Å². The number of benzene rings is 2. The van der Waals surface area contributed by atoms with Gasteiger partial charge in [-0.3, -0.25) is 4.79 Å². The monoisotopic (exact) mass is 349 g/mol. The minimum absolute atomic E-state index is 0.0736. The Morgan fingerprint density at radius 1 is 1.00 bits per heavy atom. The van der Waals surface area contributed by atoms with Gasteiger partial charge in [0.15, 0.2) is 0 Å². The molecule has 136 valence electrons. The van der Waals surface area contributed by atoms with Gasteiger partial charge >= 0.3 is 0 Å². The first-order chi connectivity index (χ1) is 12.5. The summed E-state index contributed by atoms with van der Waals surface area (Å²) in [6, 6.07) is 17.5. The summed E-state index contributed by atoms with van der Waals surface area (Å²) >= 11 is 0. The molecule has 1 saturated heterocycles. The number of piperazine rings is 1. The molecule has 3 nitrogen and oxygen atoms in total. The standard InChI is InChI=1S/C23H28N2O/c1-17-6-4-8-19(14-17)23(20-9-5-7-18(2)15-20)16-21(23)22(26)25-12-10-24(3)11-13-25/h4-9,14-15,21H,10-13,16H2,1-3H3/p+1/t21-/m0/s1. The fourth-order valence-electron chi connectivity index (χ4n) is 4.54. The van der Waals surface area contributed by atoms with E-state index in [1.165, 1.54) is 27.2 Å². The van der Waals surface area contributed by atoms with Gasteiger partial charge in [0.05, 0.1) is 39.1 Å². The van der Waals surface area contributed by atoms with Gasteiger partial charge in [0.1, 0.15) is 0 Å². The number of hydrogen-bond acceptors (Lipinski definition) is 1. The highest BCUT2D eigenvalue weighted by molar-refractivity contribution is 5.86. The summed E-state index contributed by atoms with van der Waals surface area (Å²) in [5.41, 5.74) is 4.96. The average molecular weight is 349 g/mol. The summed E-state index contributed by atoms with van der Waals surface area (Å²) in [5, 5.41) is 0. The molecule has 2 aromatic carbocycles. The van der Waals surface area contributed by atoms with Crippen molar-refractivity contribution >= 4 is 5.91 Å². The van der Waals surface area contributed by atoms with Crippen LogP contribution >= 0.6 is 0 Å². The van der Waals surface area contributed by atoms with Crippen LogP contribution in [-0.2, 0) is 10.2 Å². The zero-order valence-electron chi connectivity index (χ0n) is 16.1. The molecule has 1 saturated carbocycles. The zero-order chi connectivity index (χ0) is 18.3. The lowest BCUT2D eigenvalue weighted by Gasteiger charge is -2.31. The predicted octanol–water partition coefficient (Wildman–Crippen LogP) is 1.97. The molecule has 3 heteroatoms. The average Bonchev–Trinajstić information content (AvgIpc) is 3.39. The third-order valence-electron chi connectivity index (χ3n) is 6.25. The Bertz CT molecular complexity index is 775. The minimum atomic E-state index is -0.147. The van der Waals surface area contributed by atoms with Gasteiger partial charge < -0.3 is 9.80 Å². The fraction of sp³-hybridized carbons (Fsp3) is 0.435. The van der Waals surface area contributed by atoms with E-state index in [4.69, 9.17) is 0 Å². The molecule has 1 heterocycles. The first kappa shape index (κ1) is 17.3. The van der Waals surface area contributed by atoms with Crippen molar-refractivity contribution in [2.24, 2.45) is 5.92 Å². The number of rotatable bonds is 3. The summed E-state index contributed by atoms with van der Waals surface area (Å²) in [6.45, 7) is 8.16. The highest BCUT2D eigenvalue weighted by atomic mass is 16.2. The Hall–Kier alpha value is -2.13. The van der Waals surface area contributed by atoms with Crippen LogP contribution in [0.3, 0.4) is 0 Å². The summed E-state index contributed by atoms with van der Waals surface area (Å²) in [7, 11) is 2.21. The molecule has 2 aliphatic rings. The SMILES string of the molecule is Cc1cccc(C2(c3cccc(C)c3)C[C@H]2C(=O)N2CC[NH+](C)CC2)c1. The molecule has 0 aromatic heterocycles. The van der Waals surface area contributed by atoms with Crippen LogP contribution in [0.25, 0.3) is 0 Å². The van der Waals surface area contributed by atoms with Gasteiger partial charge in [-0.1, -0.05) is 59.7 Å². The van der Waals surface area contributed by atoms with Crippen molar-refractivity contribution in [2.75, 3.05) is 33.2 Å². The molecule has 26 heavy (non-hydrogen) atoms. The van der Waals surface area contributed by atoms with Crippen LogP contribution in [0.1, 0.15) is 28.7 Å². The van der Waals surface area contributed by atoms with Gasteiger partial charge in [-0.15, -0.1) is 0 Å². The molecule has 1 aliphatic carbocycles. The molecule has 0 bridgehead atoms. The highest BCUT2D eigenvalue weighted by Gasteiger charge is 2.61. The largest absolute Gasteiger partial charge is 0.334 e. The quantitative estimate of drug-likeness (QED) is 0.900. The molecule has 2 aromatic rings. The minimum Gasteiger partial charge on any atom is -0.334 e. The maximum atomic E-state index is 13.3. The smallest absolute Gasteiger partial charge is 0.227 e. The molecule has 2 fully saturated rings. The van der Waals surface area contributed by atoms with E-state index < -0.39 is 0 Å². The third kappa shape index (κ3) is 2.95. The number of hydrogen-bond donors (Lipinski definition) is 1. The Labute approximate surface area is 156 Å². The lowest BCUT2D eigenvalue weighted by atomic mass is 9.84. The van der Waals surface area contributed by atoms with Crippen molar-refractivity contribution in [3.8, 4) is 0 Å². The number of quaternary nitrogens is 1. The van der Waals surface area contributed by atoms with E-state index in [0.29, 0.717) is 5.91 Å². The molecule has 1 N–H and O–H groups in total. The van der Waals surface area contributed by atoms with Crippen LogP contribution in [0.2, 0.25) is 0 Å². The van der Waals surface area contributed by atoms with E-state index in [-0.39, 0.29) is 11.3 Å². The third-order valence-corrected chi connectivity index (χ3v) is 6.25. The van der Waals surface area contributed by atoms with Crippen LogP contribution in [0, 0.1) is 19.8 Å². The zero-order valence-corrected chi connectivity index (χ0v) is 16.1. The van der Waals surface area contributed by atoms with Crippen molar-refractivity contribution in [1.29, 1.82) is 0 Å². The van der Waals surface area contributed by atoms with Crippen LogP contribution in [0.15, 0.2) is 48.5 Å². The Kier molecular flexibility index (Phi) is 4.36. The first-order valence-corrected chi connectivity index (χ1v) is 9.75. The van der Waals surface area contributed by atoms with Crippen LogP contribution in [0.5, 0.6) is 0 Å². The number of likely N-dealkylation sites (N-methyl/N-ethyl adjacent to an activating group) is 1. The summed E-state index contributed by atoms with van der Waals surface area (Å²) in [4.78, 5) is 16.9. The Morgan fingerprint density at radius 3 is 2.04 bits per heavy atom. The van der Waals surface area contributed by atoms with Gasteiger partial charge in [0.2, 0.25) is 5.91 Å². The van der Waals surface area contributed by atoms with E-state index in [1.54, 1.807) is 0 Å². The van der Waals surface area contributed by atoms with Gasteiger partial charge in [-0.25, -0.2) is 0 Å². The first-order valence-electron chi connectivity index (χ1n) is 9.75. The molecular weight excluding hydrogens is 320 g/mol. The molecule has 0 radical (unpaired) electrons. The second-order valence-electron chi connectivity index (χ2n) is 8.25. The second kappa shape index (κ2) is 6.55. The maximum absolute atomic E-state index is 13.3. The normalized spacial score (nSPS) is 22.3. The van der Waals surface area contributed by atoms with Gasteiger partial charge in [-0.05, 0) is 31.4 Å². The molecular formula is C23H29N2O+. The lowest BCUT2D eigenvalue weighted by molar-refractivity contribution is -0.883. The Morgan fingerprint density at radius 2 is 1.54 bits per heavy atom. The van der Waals surface area contributed by atoms with E-state index >= 15 is 0 Å². The van der Waals surface area contributed by atoms with Crippen LogP contribution in [-0.4, -0.2) is 44.0 Å². The number of carbonyl (C=O) groups is 1. The number of aryl methyl sites for hydroxylation is 2. The highest BCUT2D eigenvalue weighted by Crippen LogP contribution is 2.59. The van der Waals surface area contributed by atoms with Gasteiger partial charge in [0, 0.05) is 5.41 Å². The van der Waals surface area contributed by atoms with E-state index in [1.807, 2.05) is 0 Å². The van der Waals surface area contributed by atoms with Crippen molar-refractivity contribution in [3.05, 3.63) is 70.8 Å². The summed E-state index contributed by atoms with van der Waals surface area (Å²) in [5.74, 6) is 0.421. The number of nitrogens with one attached hydrogen (secondary N) is 1. The number of carbonyl (C=O) groups excluding carboxylic acids is 1. The topological polar surface area (TPSA) is 24.8 Å². The van der Waals surface area contributed by atoms with Crippen molar-refractivity contribution in [3.63, 3.8) is 0 Å². The summed E-state index contributed by atoms with van der Waals surface area (Å²) in [6.07, 6.45) is 0.929. The molecule has 1 amide bonds. The van der Waals surface area contributed by atoms with Crippen molar-refractivity contribution < 1.29 is 9.69 Å². The molecule has 4 rings (SSSR count). The van der Waals surface area contributed by atoms with E-state index in [9.17, 15) is 4.79 Å². The number of amides is 1. The van der Waals surface area contributed by atoms with Crippen LogP contribution in [0.4, 0.5) is 0 Å². The summed E-state index contributed by atoms with van der Waals surface area (Å²) < 4.78 is 0. The van der Waals surface area contributed by atoms with Gasteiger partial charge in [-0.2, -0.15) is 0 Å². The fourth-order valence-corrected chi connectivity index (χ4v) is 4.54. The number of nitrogens with zero attached hydrogens (tertiary/aromatic N) is 1. The molecule has 0 spiro atoms. The maximum Gasteiger partial charge on any atom is 0.227 e. The van der Waals surface area contributed by atoms with E-state index in [0.717, 1.165) is 32.6 Å². The van der Waals surface area contributed by atoms with Crippen molar-refractivity contribution in [1.82, 2.24) is 4.90 Å². The molecule has 1 atom stereocenters. The Balaban J connectivity index is 1.69. The van der Waals surface area contributed by atoms with Crippen LogP contribution < -0.4 is 4.90 Å². The van der Waals surface area contributed by atoms with Crippen molar-refractivity contribution in [2.45, 2.75) is 25.7 Å². The molecule has 1 aliphatic heterocycles. The lowest BCUT2D eigenvalue weighted by Crippen LogP contribution is -3.12. The second-order valence-corrected chi connectivity index (χ2v) is 8.25.